The molecule has 1 aromatic rings. The monoisotopic (exact) mass is 262 g/mol. The van der Waals surface area contributed by atoms with Gasteiger partial charge in [-0.05, 0) is 64.2 Å². The predicted molar refractivity (Wildman–Crippen MR) is 87.1 cm³/mol. The number of nitrogen functional groups attached to an aromatic ring is 1. The molecule has 2 nitrogen and oxygen atoms in total. The SMILES string of the molecule is CCc1cc(C)c(N)c(CC)c1N(C(C)C)C(C)C. The molecule has 0 unspecified atom stereocenters. The van der Waals surface area contributed by atoms with Crippen molar-refractivity contribution in [1.29, 1.82) is 0 Å². The second-order valence-electron chi connectivity index (χ2n) is 5.90. The Labute approximate surface area is 119 Å². The molecule has 2 heteroatoms. The average Bonchev–Trinajstić information content (AvgIpc) is 2.33. The van der Waals surface area contributed by atoms with Gasteiger partial charge in [0.2, 0.25) is 0 Å². The van der Waals surface area contributed by atoms with E-state index in [4.69, 9.17) is 5.73 Å². The third kappa shape index (κ3) is 3.05. The lowest BCUT2D eigenvalue weighted by atomic mass is 9.95. The van der Waals surface area contributed by atoms with E-state index in [0.717, 1.165) is 18.5 Å². The van der Waals surface area contributed by atoms with Crippen molar-refractivity contribution in [1.82, 2.24) is 0 Å². The molecule has 0 fully saturated rings. The summed E-state index contributed by atoms with van der Waals surface area (Å²) in [6, 6.07) is 3.23. The van der Waals surface area contributed by atoms with E-state index in [1.165, 1.54) is 22.4 Å². The summed E-state index contributed by atoms with van der Waals surface area (Å²) in [4.78, 5) is 2.51. The molecule has 0 radical (unpaired) electrons. The lowest BCUT2D eigenvalue weighted by molar-refractivity contribution is 0.603. The topological polar surface area (TPSA) is 29.3 Å². The van der Waals surface area contributed by atoms with E-state index in [9.17, 15) is 0 Å². The zero-order chi connectivity index (χ0) is 14.7. The molecule has 1 aromatic carbocycles. The highest BCUT2D eigenvalue weighted by atomic mass is 15.2. The van der Waals surface area contributed by atoms with Gasteiger partial charge >= 0.3 is 0 Å². The summed E-state index contributed by atoms with van der Waals surface area (Å²) in [6.45, 7) is 15.6. The van der Waals surface area contributed by atoms with Gasteiger partial charge in [-0.25, -0.2) is 0 Å². The Bertz CT molecular complexity index is 425. The van der Waals surface area contributed by atoms with Crippen molar-refractivity contribution in [3.63, 3.8) is 0 Å². The Kier molecular flexibility index (Phi) is 5.28. The van der Waals surface area contributed by atoms with Crippen LogP contribution in [-0.2, 0) is 12.8 Å². The van der Waals surface area contributed by atoms with Crippen LogP contribution in [0.1, 0.15) is 58.2 Å². The molecule has 19 heavy (non-hydrogen) atoms. The molecule has 0 heterocycles. The van der Waals surface area contributed by atoms with Crippen LogP contribution < -0.4 is 10.6 Å². The lowest BCUT2D eigenvalue weighted by Gasteiger charge is -2.37. The first-order chi connectivity index (χ1) is 8.84. The Morgan fingerprint density at radius 1 is 1.05 bits per heavy atom. The van der Waals surface area contributed by atoms with E-state index < -0.39 is 0 Å². The minimum atomic E-state index is 0.484. The van der Waals surface area contributed by atoms with Crippen LogP contribution in [0.4, 0.5) is 11.4 Å². The van der Waals surface area contributed by atoms with Gasteiger partial charge in [0, 0.05) is 23.5 Å². The molecule has 0 aliphatic heterocycles. The standard InChI is InChI=1S/C17H30N2/c1-8-14-10-13(7)16(18)15(9-2)17(14)19(11(3)4)12(5)6/h10-12H,8-9,18H2,1-7H3. The summed E-state index contributed by atoms with van der Waals surface area (Å²) in [5.41, 5.74) is 12.6. The molecule has 0 amide bonds. The number of hydrogen-bond acceptors (Lipinski definition) is 2. The Balaban J connectivity index is 3.58. The van der Waals surface area contributed by atoms with Gasteiger partial charge in [0.15, 0.2) is 0 Å². The van der Waals surface area contributed by atoms with Crippen LogP contribution in [0, 0.1) is 6.92 Å². The normalized spacial score (nSPS) is 11.4. The highest BCUT2D eigenvalue weighted by Gasteiger charge is 2.22. The number of rotatable bonds is 5. The maximum Gasteiger partial charge on any atom is 0.0456 e. The number of aryl methyl sites for hydroxylation is 2. The maximum absolute atomic E-state index is 6.33. The van der Waals surface area contributed by atoms with Crippen LogP contribution in [0.5, 0.6) is 0 Å². The van der Waals surface area contributed by atoms with Crippen LogP contribution in [0.15, 0.2) is 6.07 Å². The number of hydrogen-bond donors (Lipinski definition) is 1. The molecular weight excluding hydrogens is 232 g/mol. The molecule has 2 N–H and O–H groups in total. The second-order valence-corrected chi connectivity index (χ2v) is 5.90. The zero-order valence-corrected chi connectivity index (χ0v) is 13.7. The van der Waals surface area contributed by atoms with Crippen LogP contribution in [-0.4, -0.2) is 12.1 Å². The van der Waals surface area contributed by atoms with Crippen LogP contribution in [0.3, 0.4) is 0 Å². The van der Waals surface area contributed by atoms with E-state index in [1.54, 1.807) is 0 Å². The molecular formula is C17H30N2. The van der Waals surface area contributed by atoms with Gasteiger partial charge in [-0.3, -0.25) is 0 Å². The van der Waals surface area contributed by atoms with E-state index >= 15 is 0 Å². The molecule has 0 spiro atoms. The molecule has 0 bridgehead atoms. The van der Waals surface area contributed by atoms with Crippen LogP contribution in [0.2, 0.25) is 0 Å². The van der Waals surface area contributed by atoms with Gasteiger partial charge < -0.3 is 10.6 Å². The van der Waals surface area contributed by atoms with E-state index in [2.05, 4.69) is 59.4 Å². The van der Waals surface area contributed by atoms with E-state index in [1.807, 2.05) is 0 Å². The van der Waals surface area contributed by atoms with Crippen molar-refractivity contribution in [3.8, 4) is 0 Å². The van der Waals surface area contributed by atoms with Gasteiger partial charge in [0.05, 0.1) is 0 Å². The van der Waals surface area contributed by atoms with Crippen molar-refractivity contribution in [2.75, 3.05) is 10.6 Å². The number of anilines is 2. The molecule has 0 saturated carbocycles. The van der Waals surface area contributed by atoms with Crippen molar-refractivity contribution in [2.24, 2.45) is 0 Å². The summed E-state index contributed by atoms with van der Waals surface area (Å²) >= 11 is 0. The fraction of sp³-hybridized carbons (Fsp3) is 0.647. The number of nitrogens with zero attached hydrogens (tertiary/aromatic N) is 1. The molecule has 0 atom stereocenters. The summed E-state index contributed by atoms with van der Waals surface area (Å²) < 4.78 is 0. The first kappa shape index (κ1) is 15.9. The molecule has 108 valence electrons. The number of benzene rings is 1. The van der Waals surface area contributed by atoms with Gasteiger partial charge in [0.25, 0.3) is 0 Å². The molecule has 0 aromatic heterocycles. The summed E-state index contributed by atoms with van der Waals surface area (Å²) in [6.07, 6.45) is 2.05. The third-order valence-electron chi connectivity index (χ3n) is 3.84. The minimum absolute atomic E-state index is 0.484. The van der Waals surface area contributed by atoms with Crippen LogP contribution in [0.25, 0.3) is 0 Å². The Hall–Kier alpha value is -1.18. The first-order valence-corrected chi connectivity index (χ1v) is 7.54. The van der Waals surface area contributed by atoms with Crippen molar-refractivity contribution in [2.45, 2.75) is 73.4 Å². The molecule has 0 aliphatic carbocycles. The van der Waals surface area contributed by atoms with Gasteiger partial charge in [-0.2, -0.15) is 0 Å². The summed E-state index contributed by atoms with van der Waals surface area (Å²) in [5, 5.41) is 0. The third-order valence-corrected chi connectivity index (χ3v) is 3.84. The first-order valence-electron chi connectivity index (χ1n) is 7.54. The van der Waals surface area contributed by atoms with E-state index in [-0.39, 0.29) is 0 Å². The van der Waals surface area contributed by atoms with Gasteiger partial charge in [0.1, 0.15) is 0 Å². The average molecular weight is 262 g/mol. The quantitative estimate of drug-likeness (QED) is 0.800. The summed E-state index contributed by atoms with van der Waals surface area (Å²) in [7, 11) is 0. The Morgan fingerprint density at radius 3 is 1.95 bits per heavy atom. The van der Waals surface area contributed by atoms with Crippen molar-refractivity contribution < 1.29 is 0 Å². The minimum Gasteiger partial charge on any atom is -0.398 e. The maximum atomic E-state index is 6.33. The number of nitrogens with two attached hydrogens (primary N) is 1. The fourth-order valence-electron chi connectivity index (χ4n) is 3.03. The largest absolute Gasteiger partial charge is 0.398 e. The smallest absolute Gasteiger partial charge is 0.0456 e. The highest BCUT2D eigenvalue weighted by molar-refractivity contribution is 5.72. The molecule has 1 rings (SSSR count). The van der Waals surface area contributed by atoms with Gasteiger partial charge in [-0.1, -0.05) is 19.9 Å². The Morgan fingerprint density at radius 2 is 1.58 bits per heavy atom. The van der Waals surface area contributed by atoms with Crippen molar-refractivity contribution in [3.05, 3.63) is 22.8 Å². The van der Waals surface area contributed by atoms with Crippen molar-refractivity contribution >= 4 is 11.4 Å². The van der Waals surface area contributed by atoms with Crippen LogP contribution >= 0.6 is 0 Å². The second kappa shape index (κ2) is 6.31. The molecule has 0 aliphatic rings. The van der Waals surface area contributed by atoms with Gasteiger partial charge in [-0.15, -0.1) is 0 Å². The lowest BCUT2D eigenvalue weighted by Crippen LogP contribution is -2.38. The van der Waals surface area contributed by atoms with E-state index in [0.29, 0.717) is 12.1 Å². The highest BCUT2D eigenvalue weighted by Crippen LogP contribution is 2.35. The summed E-state index contributed by atoms with van der Waals surface area (Å²) in [5.74, 6) is 0. The zero-order valence-electron chi connectivity index (χ0n) is 13.7. The fourth-order valence-corrected chi connectivity index (χ4v) is 3.03. The predicted octanol–water partition coefficient (Wildman–Crippen LogP) is 4.33. The molecule has 0 saturated heterocycles.